The second kappa shape index (κ2) is 10.4. The molecule has 2 amide bonds. The number of methoxy groups -OCH3 is 1. The summed E-state index contributed by atoms with van der Waals surface area (Å²) in [6.45, 7) is 3.08. The number of Topliss-reactive ketones (excluding diaryl/α,β-unsaturated/α-hetero) is 1. The molecule has 0 saturated carbocycles. The summed E-state index contributed by atoms with van der Waals surface area (Å²) in [5.41, 5.74) is 1.33. The number of hydrogen-bond donors (Lipinski definition) is 2. The van der Waals surface area contributed by atoms with Gasteiger partial charge in [0.05, 0.1) is 18.1 Å². The Labute approximate surface area is 218 Å². The minimum Gasteiger partial charge on any atom is -0.493 e. The van der Waals surface area contributed by atoms with Crippen molar-refractivity contribution in [3.05, 3.63) is 66.0 Å². The number of carbonyl (C=O) groups is 3. The first-order valence-electron chi connectivity index (χ1n) is 11.1. The third-order valence-electron chi connectivity index (χ3n) is 6.07. The number of H-pyrrole nitrogens is 2. The van der Waals surface area contributed by atoms with Gasteiger partial charge in [-0.1, -0.05) is 23.2 Å². The van der Waals surface area contributed by atoms with E-state index in [4.69, 9.17) is 4.74 Å². The SMILES string of the molecule is COc1cnc(-[n+]2cnc(C)[nH]2)c2[nH]cc(C(=O)C(=O)N3CCN(C(=O)c4ccccc4)CC3)c12.[Li+]. The van der Waals surface area contributed by atoms with Gasteiger partial charge < -0.3 is 19.5 Å². The van der Waals surface area contributed by atoms with Gasteiger partial charge in [0, 0.05) is 44.9 Å². The van der Waals surface area contributed by atoms with Crippen LogP contribution in [0.25, 0.3) is 16.7 Å². The van der Waals surface area contributed by atoms with E-state index in [1.54, 1.807) is 28.0 Å². The average molecular weight is 481 g/mol. The third-order valence-corrected chi connectivity index (χ3v) is 6.07. The Morgan fingerprint density at radius 3 is 2.36 bits per heavy atom. The number of pyridine rings is 1. The fraction of sp³-hybridized carbons (Fsp3) is 0.250. The molecule has 0 bridgehead atoms. The normalized spacial score (nSPS) is 13.4. The molecule has 5 rings (SSSR count). The number of rotatable bonds is 5. The fourth-order valence-corrected chi connectivity index (χ4v) is 4.24. The van der Waals surface area contributed by atoms with Gasteiger partial charge in [0.25, 0.3) is 17.6 Å². The third kappa shape index (κ3) is 4.50. The van der Waals surface area contributed by atoms with E-state index in [1.807, 2.05) is 25.1 Å². The predicted molar refractivity (Wildman–Crippen MR) is 124 cm³/mol. The van der Waals surface area contributed by atoms with Crippen molar-refractivity contribution in [2.75, 3.05) is 33.3 Å². The van der Waals surface area contributed by atoms with Crippen LogP contribution < -0.4 is 28.3 Å². The van der Waals surface area contributed by atoms with Crippen molar-refractivity contribution in [1.82, 2.24) is 29.9 Å². The van der Waals surface area contributed by atoms with E-state index in [1.165, 1.54) is 24.4 Å². The molecule has 0 radical (unpaired) electrons. The van der Waals surface area contributed by atoms with Crippen LogP contribution in [0.3, 0.4) is 0 Å². The summed E-state index contributed by atoms with van der Waals surface area (Å²) in [5, 5.41) is 3.52. The molecule has 4 aromatic rings. The van der Waals surface area contributed by atoms with Crippen LogP contribution in [0.1, 0.15) is 26.5 Å². The molecule has 178 valence electrons. The number of carbonyl (C=O) groups excluding carboxylic acids is 3. The van der Waals surface area contributed by atoms with Gasteiger partial charge in [-0.05, 0) is 12.1 Å². The number of piperazine rings is 1. The zero-order valence-corrected chi connectivity index (χ0v) is 20.3. The van der Waals surface area contributed by atoms with Crippen molar-refractivity contribution < 1.29 is 42.7 Å². The molecule has 1 aliphatic heterocycles. The van der Waals surface area contributed by atoms with Gasteiger partial charge in [-0.3, -0.25) is 14.4 Å². The summed E-state index contributed by atoms with van der Waals surface area (Å²) in [4.78, 5) is 53.9. The summed E-state index contributed by atoms with van der Waals surface area (Å²) >= 11 is 0. The number of ketones is 1. The summed E-state index contributed by atoms with van der Waals surface area (Å²) in [5.74, 6) is 0.191. The molecule has 0 spiro atoms. The van der Waals surface area contributed by atoms with Crippen LogP contribution in [0.15, 0.2) is 49.1 Å². The Balaban J connectivity index is 0.00000304. The standard InChI is InChI=1S/C24H23N7O4.Li/c1-15-27-14-31(28-15)22-20-19(18(35-2)13-26-22)17(12-25-20)21(32)24(34)30-10-8-29(9-11-30)23(33)16-6-4-3-5-7-16;/h3-7,12-14H,8-11H2,1-2H3,(H,25,26,32);/q;+1/p+1. The Morgan fingerprint density at radius 2 is 1.72 bits per heavy atom. The Hall–Kier alpha value is -3.94. The molecule has 1 fully saturated rings. The number of aromatic amines is 2. The predicted octanol–water partition coefficient (Wildman–Crippen LogP) is -1.95. The van der Waals surface area contributed by atoms with Crippen molar-refractivity contribution in [2.45, 2.75) is 6.92 Å². The molecule has 3 aromatic heterocycles. The van der Waals surface area contributed by atoms with Crippen LogP contribution in [0.5, 0.6) is 5.75 Å². The van der Waals surface area contributed by atoms with Crippen molar-refractivity contribution in [2.24, 2.45) is 0 Å². The first-order valence-corrected chi connectivity index (χ1v) is 11.1. The maximum atomic E-state index is 13.3. The van der Waals surface area contributed by atoms with Gasteiger partial charge in [-0.15, -0.1) is 9.67 Å². The summed E-state index contributed by atoms with van der Waals surface area (Å²) < 4.78 is 7.06. The van der Waals surface area contributed by atoms with E-state index in [-0.39, 0.29) is 43.4 Å². The number of hydrogen-bond acceptors (Lipinski definition) is 6. The number of benzene rings is 1. The van der Waals surface area contributed by atoms with Gasteiger partial charge >= 0.3 is 24.7 Å². The number of nitrogens with zero attached hydrogens (tertiary/aromatic N) is 5. The molecule has 2 N–H and O–H groups in total. The summed E-state index contributed by atoms with van der Waals surface area (Å²) in [6.07, 6.45) is 4.58. The average Bonchev–Trinajstić information content (AvgIpc) is 3.54. The molecule has 36 heavy (non-hydrogen) atoms. The molecular formula is C24H24LiN7O4+2. The Morgan fingerprint density at radius 1 is 1.03 bits per heavy atom. The quantitative estimate of drug-likeness (QED) is 0.148. The maximum absolute atomic E-state index is 13.3. The zero-order valence-electron chi connectivity index (χ0n) is 20.3. The second-order valence-electron chi connectivity index (χ2n) is 8.19. The number of amides is 2. The van der Waals surface area contributed by atoms with E-state index >= 15 is 0 Å². The van der Waals surface area contributed by atoms with Crippen LogP contribution in [0.4, 0.5) is 0 Å². The Kier molecular flexibility index (Phi) is 7.24. The molecule has 1 saturated heterocycles. The topological polar surface area (TPSA) is 128 Å². The molecule has 1 aromatic carbocycles. The number of aromatic nitrogens is 5. The molecule has 4 heterocycles. The number of ether oxygens (including phenoxy) is 1. The zero-order chi connectivity index (χ0) is 24.5. The van der Waals surface area contributed by atoms with Gasteiger partial charge in [0.15, 0.2) is 5.75 Å². The van der Waals surface area contributed by atoms with Crippen molar-refractivity contribution in [3.63, 3.8) is 0 Å². The smallest absolute Gasteiger partial charge is 0.493 e. The van der Waals surface area contributed by atoms with E-state index in [2.05, 4.69) is 20.1 Å². The molecule has 12 heteroatoms. The molecule has 1 aliphatic rings. The van der Waals surface area contributed by atoms with Crippen LogP contribution in [-0.2, 0) is 4.79 Å². The number of fused-ring (bicyclic) bond motifs is 1. The van der Waals surface area contributed by atoms with Gasteiger partial charge in [0.2, 0.25) is 12.2 Å². The first-order chi connectivity index (χ1) is 17.0. The van der Waals surface area contributed by atoms with E-state index in [9.17, 15) is 14.4 Å². The molecule has 0 unspecified atom stereocenters. The van der Waals surface area contributed by atoms with Crippen LogP contribution in [0.2, 0.25) is 0 Å². The van der Waals surface area contributed by atoms with E-state index in [0.717, 1.165) is 0 Å². The van der Waals surface area contributed by atoms with Crippen molar-refractivity contribution >= 4 is 28.5 Å². The molecule has 0 atom stereocenters. The molecule has 11 nitrogen and oxygen atoms in total. The first kappa shape index (κ1) is 25.2. The fourth-order valence-electron chi connectivity index (χ4n) is 4.24. The van der Waals surface area contributed by atoms with E-state index < -0.39 is 11.7 Å². The largest absolute Gasteiger partial charge is 1.00 e. The van der Waals surface area contributed by atoms with Gasteiger partial charge in [-0.2, -0.15) is 0 Å². The monoisotopic (exact) mass is 481 g/mol. The van der Waals surface area contributed by atoms with Crippen LogP contribution in [0, 0.1) is 6.92 Å². The number of nitrogens with one attached hydrogen (secondary N) is 2. The minimum absolute atomic E-state index is 0. The van der Waals surface area contributed by atoms with Crippen molar-refractivity contribution in [1.29, 1.82) is 0 Å². The van der Waals surface area contributed by atoms with Gasteiger partial charge in [0.1, 0.15) is 11.7 Å². The molecule has 0 aliphatic carbocycles. The maximum Gasteiger partial charge on any atom is 1.00 e. The number of aryl methyl sites for hydroxylation is 1. The van der Waals surface area contributed by atoms with E-state index in [0.29, 0.717) is 46.9 Å². The van der Waals surface area contributed by atoms with Crippen molar-refractivity contribution in [3.8, 4) is 11.6 Å². The second-order valence-corrected chi connectivity index (χ2v) is 8.19. The molecular weight excluding hydrogens is 457 g/mol. The Bertz CT molecular complexity index is 1430. The van der Waals surface area contributed by atoms with Gasteiger partial charge in [-0.25, -0.2) is 5.10 Å². The minimum atomic E-state index is -0.652. The van der Waals surface area contributed by atoms with Crippen LogP contribution in [-0.4, -0.2) is 80.7 Å². The summed E-state index contributed by atoms with van der Waals surface area (Å²) in [6, 6.07) is 9.01. The summed E-state index contributed by atoms with van der Waals surface area (Å²) in [7, 11) is 1.48. The van der Waals surface area contributed by atoms with Crippen LogP contribution >= 0.6 is 0 Å².